The summed E-state index contributed by atoms with van der Waals surface area (Å²) in [7, 11) is 1.62. The molecule has 0 bridgehead atoms. The highest BCUT2D eigenvalue weighted by Crippen LogP contribution is 2.25. The van der Waals surface area contributed by atoms with Crippen molar-refractivity contribution in [3.63, 3.8) is 0 Å². The molecule has 1 N–H and O–H groups in total. The summed E-state index contributed by atoms with van der Waals surface area (Å²) in [6.45, 7) is 4.81. The summed E-state index contributed by atoms with van der Waals surface area (Å²) in [6.07, 6.45) is 3.96. The van der Waals surface area contributed by atoms with E-state index in [0.717, 1.165) is 55.4 Å². The Hall–Kier alpha value is -2.93. The van der Waals surface area contributed by atoms with E-state index in [1.165, 1.54) is 10.2 Å². The van der Waals surface area contributed by atoms with Crippen LogP contribution in [0.25, 0.3) is 5.69 Å². The molecule has 146 valence electrons. The predicted molar refractivity (Wildman–Crippen MR) is 107 cm³/mol. The molecule has 0 spiro atoms. The standard InChI is InChI=1S/C21H25N5O2/c1-15-9-10-22-17(12-15)14-25-11-3-4-16(13-25)20-23-21(27)26(24-20)18-5-7-19(28-2)8-6-18/h5-10,12,16H,3-4,11,13-14H2,1-2H3,(H,23,24,27)/t16-/m0/s1. The first-order valence-electron chi connectivity index (χ1n) is 9.60. The maximum absolute atomic E-state index is 12.4. The van der Waals surface area contributed by atoms with Crippen LogP contribution in [0.3, 0.4) is 0 Å². The molecule has 1 fully saturated rings. The molecule has 3 aromatic rings. The van der Waals surface area contributed by atoms with E-state index >= 15 is 0 Å². The van der Waals surface area contributed by atoms with Crippen LogP contribution in [0.15, 0.2) is 47.4 Å². The Balaban J connectivity index is 1.50. The summed E-state index contributed by atoms with van der Waals surface area (Å²) in [6, 6.07) is 11.5. The molecule has 1 atom stereocenters. The molecule has 4 rings (SSSR count). The third-order valence-electron chi connectivity index (χ3n) is 5.20. The van der Waals surface area contributed by atoms with Crippen molar-refractivity contribution in [1.29, 1.82) is 0 Å². The molecule has 1 aromatic carbocycles. The number of methoxy groups -OCH3 is 1. The van der Waals surface area contributed by atoms with E-state index in [4.69, 9.17) is 4.74 Å². The number of hydrogen-bond donors (Lipinski definition) is 1. The highest BCUT2D eigenvalue weighted by Gasteiger charge is 2.25. The molecule has 0 amide bonds. The molecule has 1 aliphatic rings. The van der Waals surface area contributed by atoms with Crippen LogP contribution in [-0.2, 0) is 6.54 Å². The van der Waals surface area contributed by atoms with Gasteiger partial charge in [0.05, 0.1) is 18.5 Å². The lowest BCUT2D eigenvalue weighted by Crippen LogP contribution is -2.34. The van der Waals surface area contributed by atoms with E-state index < -0.39 is 0 Å². The Morgan fingerprint density at radius 1 is 1.25 bits per heavy atom. The van der Waals surface area contributed by atoms with Crippen LogP contribution in [0.4, 0.5) is 0 Å². The molecular weight excluding hydrogens is 354 g/mol. The first-order chi connectivity index (χ1) is 13.6. The molecule has 7 nitrogen and oxygen atoms in total. The van der Waals surface area contributed by atoms with Gasteiger partial charge in [-0.05, 0) is 68.3 Å². The third kappa shape index (κ3) is 3.99. The number of H-pyrrole nitrogens is 1. The highest BCUT2D eigenvalue weighted by atomic mass is 16.5. The molecule has 0 radical (unpaired) electrons. The van der Waals surface area contributed by atoms with Gasteiger partial charge in [-0.3, -0.25) is 14.9 Å². The number of pyridine rings is 1. The second-order valence-corrected chi connectivity index (χ2v) is 7.32. The van der Waals surface area contributed by atoms with E-state index in [0.29, 0.717) is 0 Å². The number of benzene rings is 1. The zero-order valence-electron chi connectivity index (χ0n) is 16.3. The first kappa shape index (κ1) is 18.4. The van der Waals surface area contributed by atoms with Gasteiger partial charge < -0.3 is 4.74 Å². The summed E-state index contributed by atoms with van der Waals surface area (Å²) >= 11 is 0. The zero-order chi connectivity index (χ0) is 19.5. The average molecular weight is 379 g/mol. The number of piperidine rings is 1. The maximum atomic E-state index is 12.4. The molecule has 28 heavy (non-hydrogen) atoms. The normalized spacial score (nSPS) is 17.6. The second-order valence-electron chi connectivity index (χ2n) is 7.32. The van der Waals surface area contributed by atoms with Gasteiger partial charge in [-0.1, -0.05) is 0 Å². The minimum absolute atomic E-state index is 0.211. The topological polar surface area (TPSA) is 76.0 Å². The Morgan fingerprint density at radius 2 is 2.07 bits per heavy atom. The quantitative estimate of drug-likeness (QED) is 0.738. The van der Waals surface area contributed by atoms with Crippen molar-refractivity contribution in [3.05, 3.63) is 70.2 Å². The van der Waals surface area contributed by atoms with Gasteiger partial charge >= 0.3 is 5.69 Å². The fraction of sp³-hybridized carbons (Fsp3) is 0.381. The van der Waals surface area contributed by atoms with E-state index in [-0.39, 0.29) is 11.6 Å². The Bertz CT molecular complexity index is 993. The Kier molecular flexibility index (Phi) is 5.25. The van der Waals surface area contributed by atoms with Crippen molar-refractivity contribution in [1.82, 2.24) is 24.6 Å². The summed E-state index contributed by atoms with van der Waals surface area (Å²) in [5, 5.41) is 4.58. The lowest BCUT2D eigenvalue weighted by atomic mass is 9.97. The largest absolute Gasteiger partial charge is 0.497 e. The monoisotopic (exact) mass is 379 g/mol. The van der Waals surface area contributed by atoms with Crippen molar-refractivity contribution < 1.29 is 4.74 Å². The number of ether oxygens (including phenoxy) is 1. The maximum Gasteiger partial charge on any atom is 0.348 e. The number of aromatic nitrogens is 4. The van der Waals surface area contributed by atoms with Gasteiger partial charge in [-0.25, -0.2) is 4.79 Å². The van der Waals surface area contributed by atoms with Crippen LogP contribution in [0.1, 0.15) is 35.8 Å². The van der Waals surface area contributed by atoms with Gasteiger partial charge in [-0.2, -0.15) is 4.68 Å². The molecular formula is C21H25N5O2. The van der Waals surface area contributed by atoms with Crippen LogP contribution in [0, 0.1) is 6.92 Å². The first-order valence-corrected chi connectivity index (χ1v) is 9.60. The van der Waals surface area contributed by atoms with Gasteiger partial charge in [-0.15, -0.1) is 5.10 Å². The molecule has 1 saturated heterocycles. The Labute approximate surface area is 164 Å². The Morgan fingerprint density at radius 3 is 2.82 bits per heavy atom. The fourth-order valence-electron chi connectivity index (χ4n) is 3.76. The molecule has 0 saturated carbocycles. The average Bonchev–Trinajstić information content (AvgIpc) is 3.10. The van der Waals surface area contributed by atoms with Crippen LogP contribution in [0.5, 0.6) is 5.75 Å². The highest BCUT2D eigenvalue weighted by molar-refractivity contribution is 5.36. The van der Waals surface area contributed by atoms with Gasteiger partial charge in [0, 0.05) is 25.2 Å². The van der Waals surface area contributed by atoms with Gasteiger partial charge in [0.15, 0.2) is 0 Å². The molecule has 7 heteroatoms. The second kappa shape index (κ2) is 7.98. The fourth-order valence-corrected chi connectivity index (χ4v) is 3.76. The van der Waals surface area contributed by atoms with Crippen molar-refractivity contribution >= 4 is 0 Å². The van der Waals surface area contributed by atoms with Crippen LogP contribution in [-0.4, -0.2) is 44.8 Å². The number of likely N-dealkylation sites (tertiary alicyclic amines) is 1. The molecule has 0 aliphatic carbocycles. The van der Waals surface area contributed by atoms with E-state index in [1.54, 1.807) is 7.11 Å². The SMILES string of the molecule is COc1ccc(-n2nc([C@H]3CCCN(Cc4cc(C)ccn4)C3)[nH]c2=O)cc1. The molecule has 3 heterocycles. The van der Waals surface area contributed by atoms with E-state index in [1.807, 2.05) is 36.5 Å². The van der Waals surface area contributed by atoms with Crippen molar-refractivity contribution in [2.75, 3.05) is 20.2 Å². The minimum Gasteiger partial charge on any atom is -0.497 e. The number of hydrogen-bond acceptors (Lipinski definition) is 5. The number of aromatic amines is 1. The number of rotatable bonds is 5. The number of aryl methyl sites for hydroxylation is 1. The smallest absolute Gasteiger partial charge is 0.348 e. The molecule has 0 unspecified atom stereocenters. The van der Waals surface area contributed by atoms with Crippen molar-refractivity contribution in [2.45, 2.75) is 32.2 Å². The van der Waals surface area contributed by atoms with Crippen molar-refractivity contribution in [3.8, 4) is 11.4 Å². The van der Waals surface area contributed by atoms with Crippen LogP contribution in [0.2, 0.25) is 0 Å². The third-order valence-corrected chi connectivity index (χ3v) is 5.20. The summed E-state index contributed by atoms with van der Waals surface area (Å²) in [4.78, 5) is 22.3. The summed E-state index contributed by atoms with van der Waals surface area (Å²) in [5.74, 6) is 1.72. The minimum atomic E-state index is -0.211. The van der Waals surface area contributed by atoms with Crippen LogP contribution < -0.4 is 10.4 Å². The molecule has 2 aromatic heterocycles. The van der Waals surface area contributed by atoms with Crippen LogP contribution >= 0.6 is 0 Å². The van der Waals surface area contributed by atoms with E-state index in [9.17, 15) is 4.79 Å². The van der Waals surface area contributed by atoms with Gasteiger partial charge in [0.1, 0.15) is 11.6 Å². The van der Waals surface area contributed by atoms with Crippen molar-refractivity contribution in [2.24, 2.45) is 0 Å². The van der Waals surface area contributed by atoms with Gasteiger partial charge in [0.2, 0.25) is 0 Å². The lowest BCUT2D eigenvalue weighted by molar-refractivity contribution is 0.194. The lowest BCUT2D eigenvalue weighted by Gasteiger charge is -2.31. The van der Waals surface area contributed by atoms with E-state index in [2.05, 4.69) is 33.0 Å². The number of nitrogens with one attached hydrogen (secondary N) is 1. The molecule has 1 aliphatic heterocycles. The summed E-state index contributed by atoms with van der Waals surface area (Å²) in [5.41, 5.74) is 2.82. The predicted octanol–water partition coefficient (Wildman–Crippen LogP) is 2.65. The zero-order valence-corrected chi connectivity index (χ0v) is 16.3. The summed E-state index contributed by atoms with van der Waals surface area (Å²) < 4.78 is 6.60. The number of nitrogens with zero attached hydrogens (tertiary/aromatic N) is 4. The van der Waals surface area contributed by atoms with Gasteiger partial charge in [0.25, 0.3) is 0 Å².